The van der Waals surface area contributed by atoms with Crippen molar-refractivity contribution in [2.24, 2.45) is 0 Å². The molecule has 7 aromatic rings. The molecule has 0 saturated carbocycles. The fraction of sp³-hybridized carbons (Fsp3) is 0. The van der Waals surface area contributed by atoms with Gasteiger partial charge in [-0.15, -0.1) is 0 Å². The number of hydrogen-bond donors (Lipinski definition) is 0. The van der Waals surface area contributed by atoms with E-state index in [-0.39, 0.29) is 0 Å². The lowest BCUT2D eigenvalue weighted by molar-refractivity contribution is 1.21. The first kappa shape index (κ1) is 20.3. The van der Waals surface area contributed by atoms with Gasteiger partial charge in [-0.3, -0.25) is 9.97 Å². The first-order valence-corrected chi connectivity index (χ1v) is 11.9. The third-order valence-electron chi connectivity index (χ3n) is 6.55. The van der Waals surface area contributed by atoms with Crippen LogP contribution in [-0.4, -0.2) is 15.0 Å². The Labute approximate surface area is 208 Å². The Hall–Kier alpha value is -5.07. The van der Waals surface area contributed by atoms with Gasteiger partial charge in [0, 0.05) is 23.5 Å². The molecule has 0 N–H and O–H groups in total. The van der Waals surface area contributed by atoms with Crippen LogP contribution in [0, 0.1) is 11.8 Å². The lowest BCUT2D eigenvalue weighted by Gasteiger charge is -2.11. The van der Waals surface area contributed by atoms with Crippen molar-refractivity contribution in [2.45, 2.75) is 0 Å². The molecule has 0 amide bonds. The van der Waals surface area contributed by atoms with Crippen LogP contribution in [-0.2, 0) is 0 Å². The number of aromatic nitrogens is 3. The van der Waals surface area contributed by atoms with Gasteiger partial charge in [0.05, 0.1) is 22.8 Å². The molecule has 0 bridgehead atoms. The van der Waals surface area contributed by atoms with Crippen LogP contribution in [0.4, 0.5) is 0 Å². The molecule has 7 rings (SSSR count). The summed E-state index contributed by atoms with van der Waals surface area (Å²) in [6.07, 6.45) is 3.56. The van der Waals surface area contributed by atoms with Crippen LogP contribution in [0.5, 0.6) is 0 Å². The van der Waals surface area contributed by atoms with Crippen LogP contribution in [0.2, 0.25) is 0 Å². The van der Waals surface area contributed by atoms with Crippen molar-refractivity contribution in [1.29, 1.82) is 0 Å². The standard InChI is InChI=1S/C33H19N3/c1-3-18-34-28(8-1)30-20-22(21-31(36-30)29-9-2-4-19-35-29)10-11-23-12-13-26-15-14-24-6-5-7-25-16-17-27(23)33(26)32(24)25/h1-9,12-21H. The van der Waals surface area contributed by atoms with Crippen molar-refractivity contribution in [3.63, 3.8) is 0 Å². The minimum absolute atomic E-state index is 0.776. The Balaban J connectivity index is 1.41. The normalized spacial score (nSPS) is 11.1. The van der Waals surface area contributed by atoms with E-state index in [4.69, 9.17) is 4.98 Å². The van der Waals surface area contributed by atoms with Gasteiger partial charge in [0.1, 0.15) is 0 Å². The van der Waals surface area contributed by atoms with Crippen molar-refractivity contribution < 1.29 is 0 Å². The molecular formula is C33H19N3. The van der Waals surface area contributed by atoms with Crippen molar-refractivity contribution in [3.05, 3.63) is 127 Å². The van der Waals surface area contributed by atoms with Crippen LogP contribution in [0.15, 0.2) is 116 Å². The molecule has 0 fully saturated rings. The minimum atomic E-state index is 0.776. The van der Waals surface area contributed by atoms with Gasteiger partial charge in [-0.1, -0.05) is 72.5 Å². The Morgan fingerprint density at radius 2 is 1.08 bits per heavy atom. The molecule has 0 atom stereocenters. The largest absolute Gasteiger partial charge is 0.255 e. The van der Waals surface area contributed by atoms with E-state index in [9.17, 15) is 0 Å². The Morgan fingerprint density at radius 1 is 0.472 bits per heavy atom. The Bertz CT molecular complexity index is 1860. The third kappa shape index (κ3) is 3.45. The second kappa shape index (κ2) is 8.30. The first-order valence-electron chi connectivity index (χ1n) is 11.9. The molecule has 3 nitrogen and oxygen atoms in total. The summed E-state index contributed by atoms with van der Waals surface area (Å²) in [4.78, 5) is 13.8. The van der Waals surface area contributed by atoms with Crippen molar-refractivity contribution in [3.8, 4) is 34.6 Å². The molecule has 0 unspecified atom stereocenters. The van der Waals surface area contributed by atoms with E-state index in [1.54, 1.807) is 12.4 Å². The van der Waals surface area contributed by atoms with Gasteiger partial charge in [-0.25, -0.2) is 4.98 Å². The highest BCUT2D eigenvalue weighted by Crippen LogP contribution is 2.35. The summed E-state index contributed by atoms with van der Waals surface area (Å²) in [6, 6.07) is 35.2. The third-order valence-corrected chi connectivity index (χ3v) is 6.55. The summed E-state index contributed by atoms with van der Waals surface area (Å²) in [7, 11) is 0. The predicted molar refractivity (Wildman–Crippen MR) is 147 cm³/mol. The van der Waals surface area contributed by atoms with Crippen LogP contribution >= 0.6 is 0 Å². The maximum atomic E-state index is 4.84. The van der Waals surface area contributed by atoms with Crippen LogP contribution < -0.4 is 0 Å². The fourth-order valence-electron chi connectivity index (χ4n) is 4.88. The van der Waals surface area contributed by atoms with E-state index in [0.717, 1.165) is 33.9 Å². The van der Waals surface area contributed by atoms with Crippen molar-refractivity contribution >= 4 is 32.3 Å². The highest BCUT2D eigenvalue weighted by atomic mass is 14.8. The average Bonchev–Trinajstić information content (AvgIpc) is 2.96. The number of hydrogen-bond acceptors (Lipinski definition) is 3. The molecule has 3 aromatic heterocycles. The topological polar surface area (TPSA) is 38.7 Å². The van der Waals surface area contributed by atoms with Gasteiger partial charge in [-0.2, -0.15) is 0 Å². The van der Waals surface area contributed by atoms with E-state index < -0.39 is 0 Å². The zero-order chi connectivity index (χ0) is 23.9. The Kier molecular flexibility index (Phi) is 4.69. The zero-order valence-electron chi connectivity index (χ0n) is 19.3. The SMILES string of the molecule is C(#Cc1ccc2ccc3cccc4ccc1c2c34)c1cc(-c2ccccn2)nc(-c2ccccn2)c1. The molecule has 4 aromatic carbocycles. The second-order valence-corrected chi connectivity index (χ2v) is 8.78. The second-order valence-electron chi connectivity index (χ2n) is 8.78. The molecule has 0 spiro atoms. The molecule has 166 valence electrons. The highest BCUT2D eigenvalue weighted by molar-refractivity contribution is 6.23. The smallest absolute Gasteiger partial charge is 0.0906 e. The Morgan fingerprint density at radius 3 is 1.72 bits per heavy atom. The van der Waals surface area contributed by atoms with E-state index in [0.29, 0.717) is 0 Å². The van der Waals surface area contributed by atoms with Gasteiger partial charge in [0.25, 0.3) is 0 Å². The number of benzene rings is 4. The lowest BCUT2D eigenvalue weighted by Crippen LogP contribution is -1.94. The molecule has 36 heavy (non-hydrogen) atoms. The molecule has 0 aliphatic heterocycles. The van der Waals surface area contributed by atoms with Crippen molar-refractivity contribution in [1.82, 2.24) is 15.0 Å². The van der Waals surface area contributed by atoms with Crippen molar-refractivity contribution in [2.75, 3.05) is 0 Å². The summed E-state index contributed by atoms with van der Waals surface area (Å²) in [5.41, 5.74) is 5.05. The minimum Gasteiger partial charge on any atom is -0.255 e. The quantitative estimate of drug-likeness (QED) is 0.199. The van der Waals surface area contributed by atoms with Gasteiger partial charge in [-0.05, 0) is 74.8 Å². The molecule has 0 radical (unpaired) electrons. The van der Waals surface area contributed by atoms with Crippen LogP contribution in [0.3, 0.4) is 0 Å². The lowest BCUT2D eigenvalue weighted by atomic mass is 9.92. The predicted octanol–water partition coefficient (Wildman–Crippen LogP) is 7.50. The average molecular weight is 458 g/mol. The fourth-order valence-corrected chi connectivity index (χ4v) is 4.88. The molecule has 3 heteroatoms. The van der Waals surface area contributed by atoms with E-state index in [1.165, 1.54) is 32.3 Å². The number of nitrogens with zero attached hydrogens (tertiary/aromatic N) is 3. The van der Waals surface area contributed by atoms with E-state index in [2.05, 4.69) is 76.4 Å². The summed E-state index contributed by atoms with van der Waals surface area (Å²) in [5, 5.41) is 7.49. The highest BCUT2D eigenvalue weighted by Gasteiger charge is 2.11. The maximum absolute atomic E-state index is 4.84. The summed E-state index contributed by atoms with van der Waals surface area (Å²) < 4.78 is 0. The first-order chi connectivity index (χ1) is 17.8. The van der Waals surface area contributed by atoms with Crippen LogP contribution in [0.25, 0.3) is 55.1 Å². The molecule has 0 aliphatic rings. The van der Waals surface area contributed by atoms with E-state index >= 15 is 0 Å². The van der Waals surface area contributed by atoms with Crippen LogP contribution in [0.1, 0.15) is 11.1 Å². The maximum Gasteiger partial charge on any atom is 0.0906 e. The molecule has 3 heterocycles. The van der Waals surface area contributed by atoms with Gasteiger partial charge in [0.2, 0.25) is 0 Å². The summed E-state index contributed by atoms with van der Waals surface area (Å²) in [5.74, 6) is 6.86. The number of rotatable bonds is 2. The molecule has 0 saturated heterocycles. The van der Waals surface area contributed by atoms with E-state index in [1.807, 2.05) is 48.5 Å². The number of pyridine rings is 3. The summed E-state index contributed by atoms with van der Waals surface area (Å²) >= 11 is 0. The molecule has 0 aliphatic carbocycles. The monoisotopic (exact) mass is 457 g/mol. The zero-order valence-corrected chi connectivity index (χ0v) is 19.3. The van der Waals surface area contributed by atoms with Gasteiger partial charge >= 0.3 is 0 Å². The van der Waals surface area contributed by atoms with Gasteiger partial charge in [0.15, 0.2) is 0 Å². The molecular weight excluding hydrogens is 438 g/mol. The van der Waals surface area contributed by atoms with Gasteiger partial charge < -0.3 is 0 Å². The summed E-state index contributed by atoms with van der Waals surface area (Å²) in [6.45, 7) is 0.